The van der Waals surface area contributed by atoms with Gasteiger partial charge in [-0.2, -0.15) is 0 Å². The molecule has 1 aromatic carbocycles. The fraction of sp³-hybridized carbons (Fsp3) is 0.100. The first-order chi connectivity index (χ1) is 7.95. The SMILES string of the molecule is COC(=O)/C=C\c1cc([N+](=O)[O-])c(Br)cc1Cl. The molecule has 1 rings (SSSR count). The van der Waals surface area contributed by atoms with E-state index >= 15 is 0 Å². The van der Waals surface area contributed by atoms with E-state index in [2.05, 4.69) is 20.7 Å². The van der Waals surface area contributed by atoms with E-state index in [0.29, 0.717) is 10.6 Å². The van der Waals surface area contributed by atoms with Crippen molar-refractivity contribution in [1.82, 2.24) is 0 Å². The smallest absolute Gasteiger partial charge is 0.330 e. The van der Waals surface area contributed by atoms with E-state index in [0.717, 1.165) is 6.08 Å². The molecule has 0 saturated heterocycles. The minimum Gasteiger partial charge on any atom is -0.466 e. The number of rotatable bonds is 3. The van der Waals surface area contributed by atoms with Crippen molar-refractivity contribution < 1.29 is 14.5 Å². The highest BCUT2D eigenvalue weighted by atomic mass is 79.9. The summed E-state index contributed by atoms with van der Waals surface area (Å²) in [5.41, 5.74) is 0.242. The molecular formula is C10H7BrClNO4. The number of benzene rings is 1. The van der Waals surface area contributed by atoms with Crippen molar-refractivity contribution in [3.05, 3.63) is 43.4 Å². The van der Waals surface area contributed by atoms with Gasteiger partial charge in [-0.05, 0) is 28.1 Å². The molecule has 0 N–H and O–H groups in total. The summed E-state index contributed by atoms with van der Waals surface area (Å²) < 4.78 is 4.68. The van der Waals surface area contributed by atoms with Gasteiger partial charge < -0.3 is 4.74 Å². The molecule has 0 spiro atoms. The molecule has 17 heavy (non-hydrogen) atoms. The van der Waals surface area contributed by atoms with E-state index in [9.17, 15) is 14.9 Å². The van der Waals surface area contributed by atoms with Crippen molar-refractivity contribution in [3.8, 4) is 0 Å². The second-order valence-electron chi connectivity index (χ2n) is 2.94. The highest BCUT2D eigenvalue weighted by molar-refractivity contribution is 9.10. The van der Waals surface area contributed by atoms with Gasteiger partial charge >= 0.3 is 5.97 Å². The van der Waals surface area contributed by atoms with Crippen molar-refractivity contribution in [1.29, 1.82) is 0 Å². The molecule has 0 atom stereocenters. The number of carbonyl (C=O) groups excluding carboxylic acids is 1. The van der Waals surface area contributed by atoms with Gasteiger partial charge in [0.15, 0.2) is 0 Å². The zero-order chi connectivity index (χ0) is 13.0. The van der Waals surface area contributed by atoms with Crippen LogP contribution >= 0.6 is 27.5 Å². The summed E-state index contributed by atoms with van der Waals surface area (Å²) in [5.74, 6) is -0.563. The Balaban J connectivity index is 3.16. The van der Waals surface area contributed by atoms with Gasteiger partial charge in [0.1, 0.15) is 0 Å². The predicted molar refractivity (Wildman–Crippen MR) is 66.9 cm³/mol. The van der Waals surface area contributed by atoms with Crippen LogP contribution in [0.5, 0.6) is 0 Å². The Morgan fingerprint density at radius 1 is 1.59 bits per heavy atom. The molecular weight excluding hydrogens is 313 g/mol. The first-order valence-electron chi connectivity index (χ1n) is 4.35. The van der Waals surface area contributed by atoms with Crippen molar-refractivity contribution >= 4 is 45.3 Å². The average Bonchev–Trinajstić information content (AvgIpc) is 2.26. The molecule has 0 aliphatic rings. The van der Waals surface area contributed by atoms with E-state index in [1.165, 1.54) is 25.3 Å². The highest BCUT2D eigenvalue weighted by Gasteiger charge is 2.14. The van der Waals surface area contributed by atoms with Crippen molar-refractivity contribution in [2.75, 3.05) is 7.11 Å². The zero-order valence-corrected chi connectivity index (χ0v) is 11.0. The number of esters is 1. The Morgan fingerprint density at radius 2 is 2.24 bits per heavy atom. The van der Waals surface area contributed by atoms with Gasteiger partial charge in [0.05, 0.1) is 16.5 Å². The lowest BCUT2D eigenvalue weighted by molar-refractivity contribution is -0.385. The van der Waals surface area contributed by atoms with Gasteiger partial charge in [-0.1, -0.05) is 11.6 Å². The van der Waals surface area contributed by atoms with Crippen LogP contribution in [0.2, 0.25) is 5.02 Å². The fourth-order valence-corrected chi connectivity index (χ4v) is 1.89. The average molecular weight is 321 g/mol. The number of ether oxygens (including phenoxy) is 1. The van der Waals surface area contributed by atoms with Gasteiger partial charge in [-0.15, -0.1) is 0 Å². The summed E-state index contributed by atoms with van der Waals surface area (Å²) in [6.45, 7) is 0. The van der Waals surface area contributed by atoms with Crippen LogP contribution in [0.3, 0.4) is 0 Å². The zero-order valence-electron chi connectivity index (χ0n) is 8.65. The minimum absolute atomic E-state index is 0.126. The third kappa shape index (κ3) is 3.54. The standard InChI is InChI=1S/C10H7BrClNO4/c1-17-10(14)3-2-6-4-9(13(15)16)7(11)5-8(6)12/h2-5H,1H3/b3-2-. The first kappa shape index (κ1) is 13.7. The van der Waals surface area contributed by atoms with Crippen molar-refractivity contribution in [2.24, 2.45) is 0 Å². The molecule has 0 aromatic heterocycles. The number of methoxy groups -OCH3 is 1. The molecule has 7 heteroatoms. The Labute approximate surface area is 110 Å². The van der Waals surface area contributed by atoms with Crippen LogP contribution in [0.1, 0.15) is 5.56 Å². The topological polar surface area (TPSA) is 69.4 Å². The van der Waals surface area contributed by atoms with Gasteiger partial charge in [-0.3, -0.25) is 10.1 Å². The molecule has 0 heterocycles. The number of hydrogen-bond acceptors (Lipinski definition) is 4. The van der Waals surface area contributed by atoms with E-state index < -0.39 is 10.9 Å². The number of hydrogen-bond donors (Lipinski definition) is 0. The predicted octanol–water partition coefficient (Wildman–Crippen LogP) is 3.20. The summed E-state index contributed by atoms with van der Waals surface area (Å²) in [4.78, 5) is 21.0. The summed E-state index contributed by atoms with van der Waals surface area (Å²) in [7, 11) is 1.23. The van der Waals surface area contributed by atoms with E-state index in [-0.39, 0.29) is 10.2 Å². The van der Waals surface area contributed by atoms with Gasteiger partial charge in [0.25, 0.3) is 5.69 Å². The second kappa shape index (κ2) is 5.79. The molecule has 1 aromatic rings. The van der Waals surface area contributed by atoms with Crippen LogP contribution in [0.4, 0.5) is 5.69 Å². The molecule has 5 nitrogen and oxygen atoms in total. The quantitative estimate of drug-likeness (QED) is 0.371. The van der Waals surface area contributed by atoms with Gasteiger partial charge in [0, 0.05) is 22.7 Å². The molecule has 0 saturated carbocycles. The second-order valence-corrected chi connectivity index (χ2v) is 4.20. The van der Waals surface area contributed by atoms with Crippen LogP contribution in [-0.4, -0.2) is 18.0 Å². The summed E-state index contributed by atoms with van der Waals surface area (Å²) in [5, 5.41) is 11.0. The lowest BCUT2D eigenvalue weighted by atomic mass is 10.2. The Hall–Kier alpha value is -1.40. The van der Waals surface area contributed by atoms with Crippen LogP contribution in [0.15, 0.2) is 22.7 Å². The monoisotopic (exact) mass is 319 g/mol. The molecule has 90 valence electrons. The van der Waals surface area contributed by atoms with Crippen LogP contribution in [0, 0.1) is 10.1 Å². The molecule has 0 amide bonds. The number of nitro groups is 1. The van der Waals surface area contributed by atoms with Crippen LogP contribution < -0.4 is 0 Å². The van der Waals surface area contributed by atoms with E-state index in [1.807, 2.05) is 0 Å². The molecule has 0 bridgehead atoms. The van der Waals surface area contributed by atoms with E-state index in [4.69, 9.17) is 11.6 Å². The lowest BCUT2D eigenvalue weighted by Gasteiger charge is -2.01. The minimum atomic E-state index is -0.563. The lowest BCUT2D eigenvalue weighted by Crippen LogP contribution is -1.94. The third-order valence-electron chi connectivity index (χ3n) is 1.86. The van der Waals surface area contributed by atoms with Gasteiger partial charge in [0.2, 0.25) is 0 Å². The normalized spacial score (nSPS) is 10.5. The number of halogens is 2. The summed E-state index contributed by atoms with van der Waals surface area (Å²) in [6.07, 6.45) is 2.49. The van der Waals surface area contributed by atoms with Gasteiger partial charge in [-0.25, -0.2) is 4.79 Å². The molecule has 0 fully saturated rings. The Morgan fingerprint density at radius 3 is 2.76 bits per heavy atom. The largest absolute Gasteiger partial charge is 0.466 e. The summed E-state index contributed by atoms with van der Waals surface area (Å²) >= 11 is 8.91. The summed E-state index contributed by atoms with van der Waals surface area (Å²) in [6, 6.07) is 2.67. The number of carbonyl (C=O) groups is 1. The van der Waals surface area contributed by atoms with Crippen LogP contribution in [0.25, 0.3) is 6.08 Å². The number of nitro benzene ring substituents is 1. The van der Waals surface area contributed by atoms with Crippen LogP contribution in [-0.2, 0) is 9.53 Å². The first-order valence-corrected chi connectivity index (χ1v) is 5.52. The van der Waals surface area contributed by atoms with E-state index in [1.54, 1.807) is 0 Å². The maximum atomic E-state index is 10.9. The molecule has 0 aliphatic carbocycles. The van der Waals surface area contributed by atoms with Crippen molar-refractivity contribution in [2.45, 2.75) is 0 Å². The maximum absolute atomic E-state index is 10.9. The molecule has 0 aliphatic heterocycles. The molecule has 0 unspecified atom stereocenters. The Kier molecular flexibility index (Phi) is 4.65. The Bertz CT molecular complexity index is 501. The fourth-order valence-electron chi connectivity index (χ4n) is 1.05. The molecule has 0 radical (unpaired) electrons. The van der Waals surface area contributed by atoms with Crippen molar-refractivity contribution in [3.63, 3.8) is 0 Å². The highest BCUT2D eigenvalue weighted by Crippen LogP contribution is 2.31. The number of nitrogens with zero attached hydrogens (tertiary/aromatic N) is 1. The third-order valence-corrected chi connectivity index (χ3v) is 2.83. The maximum Gasteiger partial charge on any atom is 0.330 e.